The van der Waals surface area contributed by atoms with Crippen molar-refractivity contribution >= 4 is 17.7 Å². The number of amides is 3. The highest BCUT2D eigenvalue weighted by Gasteiger charge is 2.31. The summed E-state index contributed by atoms with van der Waals surface area (Å²) in [6, 6.07) is 8.41. The van der Waals surface area contributed by atoms with Crippen LogP contribution in [0.4, 0.5) is 0 Å². The molecule has 0 radical (unpaired) electrons. The van der Waals surface area contributed by atoms with Crippen LogP contribution in [0.1, 0.15) is 36.8 Å². The van der Waals surface area contributed by atoms with E-state index in [2.05, 4.69) is 31.2 Å². The van der Waals surface area contributed by atoms with E-state index in [1.54, 1.807) is 9.80 Å². The topological polar surface area (TPSA) is 60.9 Å². The van der Waals surface area contributed by atoms with E-state index in [0.29, 0.717) is 45.7 Å². The van der Waals surface area contributed by atoms with Gasteiger partial charge < -0.3 is 14.7 Å². The minimum absolute atomic E-state index is 0.139. The molecule has 0 saturated carbocycles. The van der Waals surface area contributed by atoms with E-state index in [4.69, 9.17) is 0 Å². The number of rotatable bonds is 4. The maximum absolute atomic E-state index is 12.4. The zero-order chi connectivity index (χ0) is 19.2. The maximum Gasteiger partial charge on any atom is 0.312 e. The Kier molecular flexibility index (Phi) is 6.48. The molecule has 2 fully saturated rings. The third kappa shape index (κ3) is 5.08. The molecule has 0 atom stereocenters. The molecule has 0 aliphatic carbocycles. The van der Waals surface area contributed by atoms with Crippen molar-refractivity contribution in [3.8, 4) is 0 Å². The molecule has 0 aromatic heterocycles. The number of aryl methyl sites for hydroxylation is 2. The minimum Gasteiger partial charge on any atom is -0.339 e. The van der Waals surface area contributed by atoms with Crippen LogP contribution in [0.3, 0.4) is 0 Å². The van der Waals surface area contributed by atoms with Crippen LogP contribution in [0.5, 0.6) is 0 Å². The van der Waals surface area contributed by atoms with Crippen molar-refractivity contribution in [2.45, 2.75) is 39.0 Å². The monoisotopic (exact) mass is 371 g/mol. The van der Waals surface area contributed by atoms with E-state index in [9.17, 15) is 14.4 Å². The first-order valence-electron chi connectivity index (χ1n) is 9.96. The number of carbonyl (C=O) groups excluding carboxylic acids is 3. The first kappa shape index (κ1) is 19.4. The third-order valence-corrected chi connectivity index (χ3v) is 5.47. The van der Waals surface area contributed by atoms with Gasteiger partial charge in [-0.05, 0) is 38.2 Å². The van der Waals surface area contributed by atoms with E-state index in [-0.39, 0.29) is 11.8 Å². The molecule has 0 spiro atoms. The van der Waals surface area contributed by atoms with Gasteiger partial charge in [-0.25, -0.2) is 0 Å². The smallest absolute Gasteiger partial charge is 0.312 e. The highest BCUT2D eigenvalue weighted by atomic mass is 16.2. The Balaban J connectivity index is 1.39. The summed E-state index contributed by atoms with van der Waals surface area (Å²) in [5, 5.41) is 0. The molecule has 27 heavy (non-hydrogen) atoms. The minimum atomic E-state index is -0.414. The Labute approximate surface area is 161 Å². The fourth-order valence-electron chi connectivity index (χ4n) is 3.71. The van der Waals surface area contributed by atoms with Gasteiger partial charge in [0.05, 0.1) is 0 Å². The van der Waals surface area contributed by atoms with Crippen molar-refractivity contribution in [3.63, 3.8) is 0 Å². The summed E-state index contributed by atoms with van der Waals surface area (Å²) in [4.78, 5) is 42.0. The molecule has 3 amide bonds. The van der Waals surface area contributed by atoms with Crippen molar-refractivity contribution < 1.29 is 14.4 Å². The normalized spacial score (nSPS) is 17.3. The zero-order valence-electron chi connectivity index (χ0n) is 16.2. The molecule has 1 aromatic rings. The SMILES string of the molecule is Cc1ccc(CCCC(=O)N2CCN(C(=O)C(=O)N3CCCC3)CC2)cc1. The second kappa shape index (κ2) is 9.02. The van der Waals surface area contributed by atoms with Crippen LogP contribution in [0.25, 0.3) is 0 Å². The quantitative estimate of drug-likeness (QED) is 0.756. The Hall–Kier alpha value is -2.37. The van der Waals surface area contributed by atoms with Crippen molar-refractivity contribution in [2.24, 2.45) is 0 Å². The lowest BCUT2D eigenvalue weighted by molar-refractivity contribution is -0.153. The molecular formula is C21H29N3O3. The van der Waals surface area contributed by atoms with E-state index >= 15 is 0 Å². The zero-order valence-corrected chi connectivity index (χ0v) is 16.2. The van der Waals surface area contributed by atoms with E-state index in [1.165, 1.54) is 11.1 Å². The highest BCUT2D eigenvalue weighted by molar-refractivity contribution is 6.35. The summed E-state index contributed by atoms with van der Waals surface area (Å²) in [5.74, 6) is -0.658. The van der Waals surface area contributed by atoms with Crippen LogP contribution in [0.2, 0.25) is 0 Å². The predicted octanol–water partition coefficient (Wildman–Crippen LogP) is 1.61. The van der Waals surface area contributed by atoms with Gasteiger partial charge in [0.1, 0.15) is 0 Å². The van der Waals surface area contributed by atoms with Crippen molar-refractivity contribution in [1.82, 2.24) is 14.7 Å². The second-order valence-corrected chi connectivity index (χ2v) is 7.51. The van der Waals surface area contributed by atoms with Crippen LogP contribution in [-0.2, 0) is 20.8 Å². The highest BCUT2D eigenvalue weighted by Crippen LogP contribution is 2.12. The largest absolute Gasteiger partial charge is 0.339 e. The number of carbonyl (C=O) groups is 3. The molecule has 3 rings (SSSR count). The molecule has 2 aliphatic heterocycles. The summed E-state index contributed by atoms with van der Waals surface area (Å²) in [5.41, 5.74) is 2.50. The van der Waals surface area contributed by atoms with Crippen LogP contribution < -0.4 is 0 Å². The van der Waals surface area contributed by atoms with Gasteiger partial charge in [0.15, 0.2) is 0 Å². The number of likely N-dealkylation sites (tertiary alicyclic amines) is 1. The average Bonchev–Trinajstić information content (AvgIpc) is 3.23. The van der Waals surface area contributed by atoms with Crippen molar-refractivity contribution in [2.75, 3.05) is 39.3 Å². The number of hydrogen-bond acceptors (Lipinski definition) is 3. The van der Waals surface area contributed by atoms with Gasteiger partial charge in [0, 0.05) is 45.7 Å². The molecule has 146 valence electrons. The lowest BCUT2D eigenvalue weighted by Crippen LogP contribution is -2.54. The Morgan fingerprint density at radius 3 is 1.89 bits per heavy atom. The first-order valence-corrected chi connectivity index (χ1v) is 9.96. The van der Waals surface area contributed by atoms with Crippen LogP contribution in [-0.4, -0.2) is 71.7 Å². The molecule has 0 unspecified atom stereocenters. The van der Waals surface area contributed by atoms with Crippen LogP contribution in [0.15, 0.2) is 24.3 Å². The van der Waals surface area contributed by atoms with Gasteiger partial charge in [-0.3, -0.25) is 14.4 Å². The van der Waals surface area contributed by atoms with Gasteiger partial charge in [-0.1, -0.05) is 29.8 Å². The van der Waals surface area contributed by atoms with E-state index < -0.39 is 5.91 Å². The average molecular weight is 371 g/mol. The summed E-state index contributed by atoms with van der Waals surface area (Å²) in [6.45, 7) is 5.36. The Morgan fingerprint density at radius 2 is 1.30 bits per heavy atom. The number of benzene rings is 1. The first-order chi connectivity index (χ1) is 13.0. The lowest BCUT2D eigenvalue weighted by atomic mass is 10.1. The maximum atomic E-state index is 12.4. The molecule has 2 aliphatic rings. The third-order valence-electron chi connectivity index (χ3n) is 5.47. The van der Waals surface area contributed by atoms with Gasteiger partial charge >= 0.3 is 11.8 Å². The standard InChI is InChI=1S/C21H29N3O3/c1-17-7-9-18(10-8-17)5-4-6-19(25)22-13-15-24(16-14-22)21(27)20(26)23-11-2-3-12-23/h7-10H,2-6,11-16H2,1H3. The summed E-state index contributed by atoms with van der Waals surface area (Å²) >= 11 is 0. The lowest BCUT2D eigenvalue weighted by Gasteiger charge is -2.35. The Morgan fingerprint density at radius 1 is 0.778 bits per heavy atom. The van der Waals surface area contributed by atoms with Crippen molar-refractivity contribution in [3.05, 3.63) is 35.4 Å². The van der Waals surface area contributed by atoms with Gasteiger partial charge in [-0.2, -0.15) is 0 Å². The van der Waals surface area contributed by atoms with E-state index in [1.807, 2.05) is 4.90 Å². The van der Waals surface area contributed by atoms with Gasteiger partial charge in [0.25, 0.3) is 0 Å². The number of nitrogens with zero attached hydrogens (tertiary/aromatic N) is 3. The van der Waals surface area contributed by atoms with Gasteiger partial charge in [0.2, 0.25) is 5.91 Å². The van der Waals surface area contributed by atoms with Crippen LogP contribution in [0, 0.1) is 6.92 Å². The summed E-state index contributed by atoms with van der Waals surface area (Å²) < 4.78 is 0. The fourth-order valence-corrected chi connectivity index (χ4v) is 3.71. The molecule has 0 N–H and O–H groups in total. The van der Waals surface area contributed by atoms with Crippen LogP contribution >= 0.6 is 0 Å². The molecule has 6 heteroatoms. The Bertz CT molecular complexity index is 672. The summed E-state index contributed by atoms with van der Waals surface area (Å²) in [7, 11) is 0. The van der Waals surface area contributed by atoms with E-state index in [0.717, 1.165) is 25.7 Å². The number of hydrogen-bond donors (Lipinski definition) is 0. The molecule has 2 saturated heterocycles. The predicted molar refractivity (Wildman–Crippen MR) is 103 cm³/mol. The molecular weight excluding hydrogens is 342 g/mol. The second-order valence-electron chi connectivity index (χ2n) is 7.51. The molecule has 0 bridgehead atoms. The van der Waals surface area contributed by atoms with Crippen molar-refractivity contribution in [1.29, 1.82) is 0 Å². The molecule has 2 heterocycles. The van der Waals surface area contributed by atoms with Gasteiger partial charge in [-0.15, -0.1) is 0 Å². The molecule has 6 nitrogen and oxygen atoms in total. The molecule has 1 aromatic carbocycles. The summed E-state index contributed by atoms with van der Waals surface area (Å²) in [6.07, 6.45) is 4.20. The number of piperazine rings is 1. The fraction of sp³-hybridized carbons (Fsp3) is 0.571.